The standard InChI is InChI=1S/C15H26N2O/c1-12(11-18-5)10-16-13(2)14-6-8-15(9-7-14)17(3)4/h6-9,12-13,16H,10-11H2,1-5H3. The minimum absolute atomic E-state index is 0.375. The minimum Gasteiger partial charge on any atom is -0.384 e. The van der Waals surface area contributed by atoms with Gasteiger partial charge in [-0.3, -0.25) is 0 Å². The molecule has 1 N–H and O–H groups in total. The van der Waals surface area contributed by atoms with Crippen molar-refractivity contribution >= 4 is 5.69 Å². The number of rotatable bonds is 7. The lowest BCUT2D eigenvalue weighted by Crippen LogP contribution is -2.26. The van der Waals surface area contributed by atoms with Crippen LogP contribution in [-0.4, -0.2) is 34.4 Å². The van der Waals surface area contributed by atoms with Crippen LogP contribution in [0.2, 0.25) is 0 Å². The molecule has 0 aliphatic rings. The number of methoxy groups -OCH3 is 1. The molecule has 0 heterocycles. The number of hydrogen-bond acceptors (Lipinski definition) is 3. The Morgan fingerprint density at radius 1 is 1.17 bits per heavy atom. The topological polar surface area (TPSA) is 24.5 Å². The highest BCUT2D eigenvalue weighted by Gasteiger charge is 2.07. The van der Waals surface area contributed by atoms with E-state index in [0.29, 0.717) is 12.0 Å². The number of nitrogens with zero attached hydrogens (tertiary/aromatic N) is 1. The summed E-state index contributed by atoms with van der Waals surface area (Å²) in [4.78, 5) is 2.11. The summed E-state index contributed by atoms with van der Waals surface area (Å²) in [6, 6.07) is 9.07. The van der Waals surface area contributed by atoms with Gasteiger partial charge in [0.1, 0.15) is 0 Å². The fourth-order valence-electron chi connectivity index (χ4n) is 1.90. The highest BCUT2D eigenvalue weighted by Crippen LogP contribution is 2.17. The fourth-order valence-corrected chi connectivity index (χ4v) is 1.90. The Bertz CT molecular complexity index is 335. The maximum atomic E-state index is 5.14. The quantitative estimate of drug-likeness (QED) is 0.805. The van der Waals surface area contributed by atoms with E-state index in [4.69, 9.17) is 4.74 Å². The highest BCUT2D eigenvalue weighted by atomic mass is 16.5. The molecular weight excluding hydrogens is 224 g/mol. The van der Waals surface area contributed by atoms with Crippen LogP contribution in [0, 0.1) is 5.92 Å². The summed E-state index contributed by atoms with van der Waals surface area (Å²) in [6.07, 6.45) is 0. The van der Waals surface area contributed by atoms with Crippen molar-refractivity contribution in [3.05, 3.63) is 29.8 Å². The van der Waals surface area contributed by atoms with Crippen molar-refractivity contribution < 1.29 is 4.74 Å². The van der Waals surface area contributed by atoms with Gasteiger partial charge in [0.15, 0.2) is 0 Å². The Morgan fingerprint density at radius 3 is 2.28 bits per heavy atom. The lowest BCUT2D eigenvalue weighted by Gasteiger charge is -2.19. The largest absolute Gasteiger partial charge is 0.384 e. The first-order valence-electron chi connectivity index (χ1n) is 6.54. The van der Waals surface area contributed by atoms with E-state index in [2.05, 4.69) is 62.4 Å². The second kappa shape index (κ2) is 7.39. The van der Waals surface area contributed by atoms with E-state index < -0.39 is 0 Å². The van der Waals surface area contributed by atoms with Crippen LogP contribution in [0.4, 0.5) is 5.69 Å². The van der Waals surface area contributed by atoms with Crippen molar-refractivity contribution in [3.8, 4) is 0 Å². The summed E-state index contributed by atoms with van der Waals surface area (Å²) < 4.78 is 5.14. The van der Waals surface area contributed by atoms with E-state index in [0.717, 1.165) is 13.2 Å². The van der Waals surface area contributed by atoms with Crippen molar-refractivity contribution in [1.29, 1.82) is 0 Å². The van der Waals surface area contributed by atoms with Gasteiger partial charge in [-0.05, 0) is 30.5 Å². The molecule has 1 rings (SSSR count). The van der Waals surface area contributed by atoms with Crippen molar-refractivity contribution in [3.63, 3.8) is 0 Å². The Labute approximate surface area is 111 Å². The van der Waals surface area contributed by atoms with Gasteiger partial charge >= 0.3 is 0 Å². The Morgan fingerprint density at radius 2 is 1.78 bits per heavy atom. The van der Waals surface area contributed by atoms with Crippen molar-refractivity contribution in [2.75, 3.05) is 39.3 Å². The number of hydrogen-bond donors (Lipinski definition) is 1. The van der Waals surface area contributed by atoms with Gasteiger partial charge in [0.05, 0.1) is 0 Å². The molecule has 0 saturated heterocycles. The van der Waals surface area contributed by atoms with Crippen LogP contribution in [0.1, 0.15) is 25.5 Å². The van der Waals surface area contributed by atoms with Crippen LogP contribution in [0.3, 0.4) is 0 Å². The van der Waals surface area contributed by atoms with E-state index in [1.165, 1.54) is 11.3 Å². The molecule has 0 spiro atoms. The van der Waals surface area contributed by atoms with Gasteiger partial charge in [0.25, 0.3) is 0 Å². The zero-order valence-corrected chi connectivity index (χ0v) is 12.2. The SMILES string of the molecule is COCC(C)CNC(C)c1ccc(N(C)C)cc1. The number of ether oxygens (including phenoxy) is 1. The van der Waals surface area contributed by atoms with Crippen molar-refractivity contribution in [1.82, 2.24) is 5.32 Å². The predicted molar refractivity (Wildman–Crippen MR) is 78.2 cm³/mol. The van der Waals surface area contributed by atoms with Crippen LogP contribution < -0.4 is 10.2 Å². The van der Waals surface area contributed by atoms with Gasteiger partial charge in [-0.25, -0.2) is 0 Å². The third-order valence-corrected chi connectivity index (χ3v) is 3.13. The molecule has 0 aromatic heterocycles. The van der Waals surface area contributed by atoms with Gasteiger partial charge < -0.3 is 15.0 Å². The van der Waals surface area contributed by atoms with Crippen LogP contribution in [0.25, 0.3) is 0 Å². The van der Waals surface area contributed by atoms with Crippen molar-refractivity contribution in [2.45, 2.75) is 19.9 Å². The first kappa shape index (κ1) is 15.0. The number of anilines is 1. The molecular formula is C15H26N2O. The van der Waals surface area contributed by atoms with Crippen LogP contribution in [0.5, 0.6) is 0 Å². The van der Waals surface area contributed by atoms with E-state index in [-0.39, 0.29) is 0 Å². The van der Waals surface area contributed by atoms with Gasteiger partial charge in [-0.15, -0.1) is 0 Å². The maximum absolute atomic E-state index is 5.14. The summed E-state index contributed by atoms with van der Waals surface area (Å²) >= 11 is 0. The monoisotopic (exact) mass is 250 g/mol. The molecule has 0 fully saturated rings. The Balaban J connectivity index is 2.48. The van der Waals surface area contributed by atoms with Gasteiger partial charge in [0.2, 0.25) is 0 Å². The molecule has 3 nitrogen and oxygen atoms in total. The van der Waals surface area contributed by atoms with E-state index in [9.17, 15) is 0 Å². The molecule has 0 amide bonds. The van der Waals surface area contributed by atoms with Gasteiger partial charge in [-0.2, -0.15) is 0 Å². The Kier molecular flexibility index (Phi) is 6.16. The molecule has 1 aromatic carbocycles. The third kappa shape index (κ3) is 4.67. The number of benzene rings is 1. The summed E-state index contributed by atoms with van der Waals surface area (Å²) in [6.45, 7) is 6.17. The van der Waals surface area contributed by atoms with Gasteiger partial charge in [0, 0.05) is 46.1 Å². The third-order valence-electron chi connectivity index (χ3n) is 3.13. The first-order valence-corrected chi connectivity index (χ1v) is 6.54. The zero-order valence-electron chi connectivity index (χ0n) is 12.2. The summed E-state index contributed by atoms with van der Waals surface area (Å²) in [5.74, 6) is 0.540. The van der Waals surface area contributed by atoms with Gasteiger partial charge in [-0.1, -0.05) is 19.1 Å². The normalized spacial score (nSPS) is 14.3. The maximum Gasteiger partial charge on any atom is 0.0499 e. The Hall–Kier alpha value is -1.06. The average molecular weight is 250 g/mol. The molecule has 2 atom stereocenters. The summed E-state index contributed by atoms with van der Waals surface area (Å²) in [7, 11) is 5.87. The smallest absolute Gasteiger partial charge is 0.0499 e. The van der Waals surface area contributed by atoms with E-state index in [1.807, 2.05) is 0 Å². The molecule has 0 aliphatic heterocycles. The molecule has 0 bridgehead atoms. The second-order valence-electron chi connectivity index (χ2n) is 5.18. The van der Waals surface area contributed by atoms with E-state index >= 15 is 0 Å². The lowest BCUT2D eigenvalue weighted by atomic mass is 10.1. The predicted octanol–water partition coefficient (Wildman–Crippen LogP) is 2.69. The van der Waals surface area contributed by atoms with Crippen LogP contribution in [0.15, 0.2) is 24.3 Å². The molecule has 0 radical (unpaired) electrons. The fraction of sp³-hybridized carbons (Fsp3) is 0.600. The molecule has 0 aliphatic carbocycles. The molecule has 0 saturated carbocycles. The lowest BCUT2D eigenvalue weighted by molar-refractivity contribution is 0.157. The molecule has 1 aromatic rings. The highest BCUT2D eigenvalue weighted by molar-refractivity contribution is 5.46. The number of nitrogens with one attached hydrogen (secondary N) is 1. The van der Waals surface area contributed by atoms with E-state index in [1.54, 1.807) is 7.11 Å². The molecule has 18 heavy (non-hydrogen) atoms. The molecule has 2 unspecified atom stereocenters. The molecule has 102 valence electrons. The first-order chi connectivity index (χ1) is 8.54. The van der Waals surface area contributed by atoms with Crippen LogP contribution >= 0.6 is 0 Å². The minimum atomic E-state index is 0.375. The molecule has 3 heteroatoms. The van der Waals surface area contributed by atoms with Crippen LogP contribution in [-0.2, 0) is 4.74 Å². The summed E-state index contributed by atoms with van der Waals surface area (Å²) in [5.41, 5.74) is 2.56. The van der Waals surface area contributed by atoms with Crippen molar-refractivity contribution in [2.24, 2.45) is 5.92 Å². The average Bonchev–Trinajstić information content (AvgIpc) is 2.36. The summed E-state index contributed by atoms with van der Waals surface area (Å²) in [5, 5.41) is 3.54. The zero-order chi connectivity index (χ0) is 13.5. The second-order valence-corrected chi connectivity index (χ2v) is 5.18.